The first kappa shape index (κ1) is 17.1. The number of hydrogen-bond donors (Lipinski definition) is 1. The average Bonchev–Trinajstić information content (AvgIpc) is 2.53. The summed E-state index contributed by atoms with van der Waals surface area (Å²) >= 11 is 0. The van der Waals surface area contributed by atoms with Gasteiger partial charge in [0.2, 0.25) is 0 Å². The molecule has 0 spiro atoms. The smallest absolute Gasteiger partial charge is 0.322 e. The molecule has 1 atom stereocenters. The number of fused-ring (bicyclic) bond motifs is 1. The molecule has 0 amide bonds. The summed E-state index contributed by atoms with van der Waals surface area (Å²) in [6, 6.07) is 7.35. The Kier molecular flexibility index (Phi) is 4.08. The van der Waals surface area contributed by atoms with Crippen LogP contribution in [0.4, 0.5) is 17.6 Å². The van der Waals surface area contributed by atoms with E-state index in [0.29, 0.717) is 0 Å². The molecule has 130 valence electrons. The molecule has 2 aromatic carbocycles. The van der Waals surface area contributed by atoms with Crippen molar-refractivity contribution < 1.29 is 17.6 Å². The van der Waals surface area contributed by atoms with Gasteiger partial charge in [-0.3, -0.25) is 9.36 Å². The quantitative estimate of drug-likeness (QED) is 0.718. The van der Waals surface area contributed by atoms with E-state index in [0.717, 1.165) is 22.8 Å². The highest BCUT2D eigenvalue weighted by atomic mass is 19.4. The van der Waals surface area contributed by atoms with Gasteiger partial charge >= 0.3 is 6.18 Å². The molecule has 0 aliphatic rings. The van der Waals surface area contributed by atoms with E-state index in [2.05, 4.69) is 4.98 Å². The summed E-state index contributed by atoms with van der Waals surface area (Å²) in [5.74, 6) is -0.755. The van der Waals surface area contributed by atoms with Crippen LogP contribution in [0.5, 0.6) is 0 Å². The maximum absolute atomic E-state index is 14.1. The summed E-state index contributed by atoms with van der Waals surface area (Å²) in [4.78, 5) is 17.0. The largest absolute Gasteiger partial charge is 0.416 e. The van der Waals surface area contributed by atoms with Crippen LogP contribution >= 0.6 is 0 Å². The predicted octanol–water partition coefficient (Wildman–Crippen LogP) is 3.56. The van der Waals surface area contributed by atoms with Crippen molar-refractivity contribution in [2.75, 3.05) is 0 Å². The highest BCUT2D eigenvalue weighted by Gasteiger charge is 2.31. The Morgan fingerprint density at radius 3 is 2.48 bits per heavy atom. The van der Waals surface area contributed by atoms with Crippen molar-refractivity contribution in [2.24, 2.45) is 5.73 Å². The molecule has 0 aliphatic carbocycles. The van der Waals surface area contributed by atoms with Crippen molar-refractivity contribution in [3.05, 3.63) is 70.0 Å². The fourth-order valence-electron chi connectivity index (χ4n) is 2.58. The molecule has 3 aromatic rings. The number of benzene rings is 2. The summed E-state index contributed by atoms with van der Waals surface area (Å²) in [6.45, 7) is 1.54. The molecule has 1 unspecified atom stereocenters. The number of halogens is 4. The molecule has 2 N–H and O–H groups in total. The molecule has 0 aliphatic heterocycles. The van der Waals surface area contributed by atoms with Gasteiger partial charge in [-0.05, 0) is 37.3 Å². The van der Waals surface area contributed by atoms with Crippen molar-refractivity contribution in [2.45, 2.75) is 19.1 Å². The van der Waals surface area contributed by atoms with E-state index >= 15 is 0 Å². The highest BCUT2D eigenvalue weighted by molar-refractivity contribution is 5.78. The van der Waals surface area contributed by atoms with Crippen LogP contribution < -0.4 is 11.3 Å². The van der Waals surface area contributed by atoms with Gasteiger partial charge in [-0.2, -0.15) is 13.2 Å². The number of nitrogens with zero attached hydrogens (tertiary/aromatic N) is 2. The van der Waals surface area contributed by atoms with Crippen molar-refractivity contribution in [3.63, 3.8) is 0 Å². The maximum atomic E-state index is 14.1. The lowest BCUT2D eigenvalue weighted by molar-refractivity contribution is -0.137. The molecule has 0 saturated carbocycles. The topological polar surface area (TPSA) is 60.9 Å². The lowest BCUT2D eigenvalue weighted by atomic mass is 10.1. The van der Waals surface area contributed by atoms with E-state index in [9.17, 15) is 22.4 Å². The second kappa shape index (κ2) is 5.96. The van der Waals surface area contributed by atoms with E-state index < -0.39 is 29.2 Å². The Morgan fingerprint density at radius 2 is 1.84 bits per heavy atom. The molecular weight excluding hydrogens is 338 g/mol. The second-order valence-electron chi connectivity index (χ2n) is 5.58. The van der Waals surface area contributed by atoms with Gasteiger partial charge in [-0.1, -0.05) is 12.1 Å². The van der Waals surface area contributed by atoms with Crippen LogP contribution in [0, 0.1) is 5.82 Å². The zero-order valence-electron chi connectivity index (χ0n) is 13.0. The molecule has 0 fully saturated rings. The van der Waals surface area contributed by atoms with Crippen molar-refractivity contribution in [1.29, 1.82) is 0 Å². The second-order valence-corrected chi connectivity index (χ2v) is 5.58. The van der Waals surface area contributed by atoms with Crippen LogP contribution in [0.2, 0.25) is 0 Å². The van der Waals surface area contributed by atoms with Crippen LogP contribution in [-0.2, 0) is 6.18 Å². The minimum absolute atomic E-state index is 0.0439. The Hall–Kier alpha value is -2.74. The van der Waals surface area contributed by atoms with E-state index in [1.54, 1.807) is 0 Å². The fourth-order valence-corrected chi connectivity index (χ4v) is 2.58. The van der Waals surface area contributed by atoms with Gasteiger partial charge in [0.15, 0.2) is 0 Å². The first-order valence-corrected chi connectivity index (χ1v) is 7.34. The van der Waals surface area contributed by atoms with Crippen molar-refractivity contribution in [1.82, 2.24) is 9.55 Å². The van der Waals surface area contributed by atoms with Gasteiger partial charge in [-0.15, -0.1) is 0 Å². The average molecular weight is 351 g/mol. The fraction of sp³-hybridized carbons (Fsp3) is 0.176. The SMILES string of the molecule is CC(N)c1nc2cccc(F)c2c(=O)n1-c1cccc(C(F)(F)F)c1. The molecule has 0 radical (unpaired) electrons. The minimum atomic E-state index is -4.58. The Morgan fingerprint density at radius 1 is 1.16 bits per heavy atom. The molecule has 0 bridgehead atoms. The third-order valence-electron chi connectivity index (χ3n) is 3.71. The number of hydrogen-bond acceptors (Lipinski definition) is 3. The summed E-state index contributed by atoms with van der Waals surface area (Å²) in [6.07, 6.45) is -4.58. The van der Waals surface area contributed by atoms with Crippen LogP contribution in [0.25, 0.3) is 16.6 Å². The van der Waals surface area contributed by atoms with E-state index in [4.69, 9.17) is 5.73 Å². The zero-order valence-corrected chi connectivity index (χ0v) is 13.0. The van der Waals surface area contributed by atoms with Gasteiger partial charge in [0, 0.05) is 0 Å². The standard InChI is InChI=1S/C17H13F4N3O/c1-9(22)15-23-13-7-3-6-12(18)14(13)16(25)24(15)11-5-2-4-10(8-11)17(19,20)21/h2-9H,22H2,1H3. The van der Waals surface area contributed by atoms with Crippen LogP contribution in [0.3, 0.4) is 0 Å². The molecule has 1 aromatic heterocycles. The third-order valence-corrected chi connectivity index (χ3v) is 3.71. The van der Waals surface area contributed by atoms with Crippen molar-refractivity contribution >= 4 is 10.9 Å². The van der Waals surface area contributed by atoms with Crippen molar-refractivity contribution in [3.8, 4) is 5.69 Å². The first-order chi connectivity index (χ1) is 11.7. The molecule has 25 heavy (non-hydrogen) atoms. The summed E-state index contributed by atoms with van der Waals surface area (Å²) in [7, 11) is 0. The summed E-state index contributed by atoms with van der Waals surface area (Å²) < 4.78 is 53.9. The van der Waals surface area contributed by atoms with E-state index in [1.165, 1.54) is 31.2 Å². The third kappa shape index (κ3) is 3.00. The lowest BCUT2D eigenvalue weighted by Crippen LogP contribution is -2.28. The summed E-state index contributed by atoms with van der Waals surface area (Å²) in [5.41, 5.74) is 4.11. The molecule has 3 rings (SSSR count). The number of alkyl halides is 3. The molecule has 0 saturated heterocycles. The Balaban J connectivity index is 2.39. The van der Waals surface area contributed by atoms with E-state index in [-0.39, 0.29) is 22.4 Å². The number of aromatic nitrogens is 2. The maximum Gasteiger partial charge on any atom is 0.416 e. The number of rotatable bonds is 2. The van der Waals surface area contributed by atoms with Crippen LogP contribution in [-0.4, -0.2) is 9.55 Å². The van der Waals surface area contributed by atoms with Crippen LogP contribution in [0.1, 0.15) is 24.4 Å². The Labute approximate surface area is 139 Å². The lowest BCUT2D eigenvalue weighted by Gasteiger charge is -2.17. The first-order valence-electron chi connectivity index (χ1n) is 7.34. The van der Waals surface area contributed by atoms with Gasteiger partial charge in [0.05, 0.1) is 22.8 Å². The van der Waals surface area contributed by atoms with Gasteiger partial charge in [-0.25, -0.2) is 9.37 Å². The van der Waals surface area contributed by atoms with Gasteiger partial charge < -0.3 is 5.73 Å². The summed E-state index contributed by atoms with van der Waals surface area (Å²) in [5, 5.41) is -0.302. The van der Waals surface area contributed by atoms with Gasteiger partial charge in [0.25, 0.3) is 5.56 Å². The van der Waals surface area contributed by atoms with E-state index in [1.807, 2.05) is 0 Å². The van der Waals surface area contributed by atoms with Crippen LogP contribution in [0.15, 0.2) is 47.3 Å². The predicted molar refractivity (Wildman–Crippen MR) is 84.9 cm³/mol. The minimum Gasteiger partial charge on any atom is -0.322 e. The highest BCUT2D eigenvalue weighted by Crippen LogP contribution is 2.30. The normalized spacial score (nSPS) is 13.2. The molecule has 8 heteroatoms. The molecule has 1 heterocycles. The Bertz CT molecular complexity index is 1010. The zero-order chi connectivity index (χ0) is 18.4. The molecular formula is C17H13F4N3O. The number of nitrogens with two attached hydrogens (primary N) is 1. The molecule has 4 nitrogen and oxygen atoms in total. The monoisotopic (exact) mass is 351 g/mol. The van der Waals surface area contributed by atoms with Gasteiger partial charge in [0.1, 0.15) is 17.0 Å².